The molecule has 0 radical (unpaired) electrons. The smallest absolute Gasteiger partial charge is 0.493 e. The predicted molar refractivity (Wildman–Crippen MR) is 86.3 cm³/mol. The van der Waals surface area contributed by atoms with Crippen LogP contribution in [0.1, 0.15) is 11.1 Å². The third-order valence-corrected chi connectivity index (χ3v) is 3.32. The Morgan fingerprint density at radius 3 is 2.28 bits per heavy atom. The van der Waals surface area contributed by atoms with Gasteiger partial charge < -0.3 is 19.5 Å². The van der Waals surface area contributed by atoms with Gasteiger partial charge >= 0.3 is 6.36 Å². The Balaban J connectivity index is 2.03. The van der Waals surface area contributed by atoms with Gasteiger partial charge in [-0.05, 0) is 30.3 Å². The Bertz CT molecular complexity index is 731. The zero-order valence-corrected chi connectivity index (χ0v) is 13.6. The number of hydrogen-bond donors (Lipinski definition) is 2. The molecule has 2 aromatic carbocycles. The van der Waals surface area contributed by atoms with Crippen LogP contribution in [0.4, 0.5) is 13.2 Å². The molecule has 0 aliphatic carbocycles. The van der Waals surface area contributed by atoms with Crippen LogP contribution in [-0.4, -0.2) is 26.4 Å². The standard InChI is InChI=1S/C17H17F3N2O3/c1-23-14-5-3-4-12(15(14)24-2)10-22-16(21)11-6-8-13(9-7-11)25-17(18,19)20/h3-9H,10H2,1-2H3,(H2,21,22). The van der Waals surface area contributed by atoms with Gasteiger partial charge in [-0.15, -0.1) is 13.2 Å². The molecule has 0 atom stereocenters. The Labute approximate surface area is 142 Å². The molecule has 0 saturated carbocycles. The highest BCUT2D eigenvalue weighted by atomic mass is 19.4. The largest absolute Gasteiger partial charge is 0.573 e. The number of alkyl halides is 3. The van der Waals surface area contributed by atoms with Gasteiger partial charge in [-0.2, -0.15) is 0 Å². The Morgan fingerprint density at radius 2 is 1.72 bits per heavy atom. The lowest BCUT2D eigenvalue weighted by Crippen LogP contribution is -2.23. The molecule has 0 fully saturated rings. The minimum absolute atomic E-state index is 0.0587. The summed E-state index contributed by atoms with van der Waals surface area (Å²) < 4.78 is 50.7. The lowest BCUT2D eigenvalue weighted by Gasteiger charge is -2.14. The summed E-state index contributed by atoms with van der Waals surface area (Å²) in [6.45, 7) is 0.292. The maximum Gasteiger partial charge on any atom is 0.573 e. The van der Waals surface area contributed by atoms with Crippen LogP contribution in [0.3, 0.4) is 0 Å². The van der Waals surface area contributed by atoms with Gasteiger partial charge in [-0.1, -0.05) is 12.1 Å². The minimum atomic E-state index is -4.74. The van der Waals surface area contributed by atoms with E-state index in [1.54, 1.807) is 12.1 Å². The molecule has 2 N–H and O–H groups in total. The number of hydrogen-bond acceptors (Lipinski definition) is 4. The maximum absolute atomic E-state index is 12.1. The summed E-state index contributed by atoms with van der Waals surface area (Å²) in [5.74, 6) is 0.850. The van der Waals surface area contributed by atoms with Gasteiger partial charge in [0.1, 0.15) is 11.6 Å². The van der Waals surface area contributed by atoms with E-state index in [1.165, 1.54) is 26.4 Å². The topological polar surface area (TPSA) is 63.6 Å². The first-order chi connectivity index (χ1) is 11.8. The van der Waals surface area contributed by atoms with E-state index in [4.69, 9.17) is 14.9 Å². The maximum atomic E-state index is 12.1. The van der Waals surface area contributed by atoms with E-state index < -0.39 is 6.36 Å². The van der Waals surface area contributed by atoms with E-state index in [0.29, 0.717) is 23.6 Å². The van der Waals surface area contributed by atoms with E-state index in [2.05, 4.69) is 10.1 Å². The van der Waals surface area contributed by atoms with Crippen molar-refractivity contribution in [2.75, 3.05) is 14.2 Å². The third kappa shape index (κ3) is 5.03. The zero-order valence-electron chi connectivity index (χ0n) is 13.6. The van der Waals surface area contributed by atoms with E-state index in [-0.39, 0.29) is 11.6 Å². The number of ether oxygens (including phenoxy) is 3. The summed E-state index contributed by atoms with van der Waals surface area (Å²) in [4.78, 5) is 0. The summed E-state index contributed by atoms with van der Waals surface area (Å²) in [5, 5.41) is 10.9. The first kappa shape index (κ1) is 18.4. The van der Waals surface area contributed by atoms with Crippen molar-refractivity contribution in [3.63, 3.8) is 0 Å². The Hall–Kier alpha value is -2.90. The van der Waals surface area contributed by atoms with Crippen LogP contribution in [0.5, 0.6) is 17.2 Å². The predicted octanol–water partition coefficient (Wildman–Crippen LogP) is 3.72. The Morgan fingerprint density at radius 1 is 1.04 bits per heavy atom. The highest BCUT2D eigenvalue weighted by Crippen LogP contribution is 2.30. The molecule has 2 aromatic rings. The number of benzene rings is 2. The highest BCUT2D eigenvalue weighted by molar-refractivity contribution is 5.96. The van der Waals surface area contributed by atoms with Gasteiger partial charge in [-0.3, -0.25) is 5.41 Å². The molecule has 0 heterocycles. The summed E-state index contributed by atoms with van der Waals surface area (Å²) in [6, 6.07) is 10.4. The van der Waals surface area contributed by atoms with E-state index in [0.717, 1.165) is 17.7 Å². The third-order valence-electron chi connectivity index (χ3n) is 3.32. The monoisotopic (exact) mass is 354 g/mol. The fourth-order valence-electron chi connectivity index (χ4n) is 2.20. The molecule has 0 aromatic heterocycles. The molecule has 8 heteroatoms. The molecular weight excluding hydrogens is 337 g/mol. The number of amidine groups is 1. The quantitative estimate of drug-likeness (QED) is 0.613. The van der Waals surface area contributed by atoms with Crippen LogP contribution in [-0.2, 0) is 6.54 Å². The number of methoxy groups -OCH3 is 2. The first-order valence-corrected chi connectivity index (χ1v) is 7.22. The summed E-state index contributed by atoms with van der Waals surface area (Å²) in [5.41, 5.74) is 1.21. The van der Waals surface area contributed by atoms with Gasteiger partial charge in [0.05, 0.1) is 14.2 Å². The number of nitrogens with one attached hydrogen (secondary N) is 2. The van der Waals surface area contributed by atoms with Crippen molar-refractivity contribution in [2.45, 2.75) is 12.9 Å². The molecule has 25 heavy (non-hydrogen) atoms. The van der Waals surface area contributed by atoms with E-state index >= 15 is 0 Å². The van der Waals surface area contributed by atoms with Crippen molar-refractivity contribution in [1.82, 2.24) is 5.32 Å². The molecular formula is C17H17F3N2O3. The van der Waals surface area contributed by atoms with Gasteiger partial charge in [0.15, 0.2) is 11.5 Å². The average Bonchev–Trinajstić information content (AvgIpc) is 2.58. The summed E-state index contributed by atoms with van der Waals surface area (Å²) in [7, 11) is 3.05. The summed E-state index contributed by atoms with van der Waals surface area (Å²) >= 11 is 0. The SMILES string of the molecule is COc1cccc(CNC(=N)c2ccc(OC(F)(F)F)cc2)c1OC. The molecule has 0 spiro atoms. The summed E-state index contributed by atoms with van der Waals surface area (Å²) in [6.07, 6.45) is -4.74. The zero-order chi connectivity index (χ0) is 18.4. The Kier molecular flexibility index (Phi) is 5.74. The minimum Gasteiger partial charge on any atom is -0.493 e. The van der Waals surface area contributed by atoms with Crippen molar-refractivity contribution in [3.8, 4) is 17.2 Å². The first-order valence-electron chi connectivity index (χ1n) is 7.22. The van der Waals surface area contributed by atoms with Crippen molar-refractivity contribution >= 4 is 5.84 Å². The van der Waals surface area contributed by atoms with Crippen LogP contribution in [0, 0.1) is 5.41 Å². The van der Waals surface area contributed by atoms with Crippen molar-refractivity contribution in [3.05, 3.63) is 53.6 Å². The highest BCUT2D eigenvalue weighted by Gasteiger charge is 2.31. The average molecular weight is 354 g/mol. The van der Waals surface area contributed by atoms with Crippen molar-refractivity contribution in [1.29, 1.82) is 5.41 Å². The fourth-order valence-corrected chi connectivity index (χ4v) is 2.20. The lowest BCUT2D eigenvalue weighted by molar-refractivity contribution is -0.274. The van der Waals surface area contributed by atoms with Crippen LogP contribution in [0.25, 0.3) is 0 Å². The second-order valence-corrected chi connectivity index (χ2v) is 4.95. The lowest BCUT2D eigenvalue weighted by atomic mass is 10.1. The molecule has 0 unspecified atom stereocenters. The van der Waals surface area contributed by atoms with Gasteiger partial charge in [0.25, 0.3) is 0 Å². The van der Waals surface area contributed by atoms with Crippen LogP contribution >= 0.6 is 0 Å². The number of halogens is 3. The molecule has 0 saturated heterocycles. The molecule has 2 rings (SSSR count). The number of rotatable bonds is 6. The van der Waals surface area contributed by atoms with Crippen molar-refractivity contribution < 1.29 is 27.4 Å². The molecule has 5 nitrogen and oxygen atoms in total. The second kappa shape index (κ2) is 7.78. The van der Waals surface area contributed by atoms with Crippen molar-refractivity contribution in [2.24, 2.45) is 0 Å². The second-order valence-electron chi connectivity index (χ2n) is 4.95. The van der Waals surface area contributed by atoms with Crippen LogP contribution < -0.4 is 19.5 Å². The van der Waals surface area contributed by atoms with Gasteiger partial charge in [-0.25, -0.2) is 0 Å². The van der Waals surface area contributed by atoms with Crippen LogP contribution in [0.15, 0.2) is 42.5 Å². The number of para-hydroxylation sites is 1. The molecule has 0 bridgehead atoms. The fraction of sp³-hybridized carbons (Fsp3) is 0.235. The normalized spacial score (nSPS) is 10.9. The van der Waals surface area contributed by atoms with E-state index in [9.17, 15) is 13.2 Å². The van der Waals surface area contributed by atoms with Gasteiger partial charge in [0.2, 0.25) is 0 Å². The van der Waals surface area contributed by atoms with Crippen LogP contribution in [0.2, 0.25) is 0 Å². The van der Waals surface area contributed by atoms with E-state index in [1.807, 2.05) is 6.07 Å². The molecule has 0 amide bonds. The molecule has 134 valence electrons. The van der Waals surface area contributed by atoms with Gasteiger partial charge in [0, 0.05) is 17.7 Å². The molecule has 0 aliphatic heterocycles. The molecule has 0 aliphatic rings.